The summed E-state index contributed by atoms with van der Waals surface area (Å²) in [6.07, 6.45) is 1.26. The molecule has 2 atom stereocenters. The molecule has 1 aromatic rings. The van der Waals surface area contributed by atoms with Gasteiger partial charge < -0.3 is 38.8 Å². The maximum atomic E-state index is 13.7. The van der Waals surface area contributed by atoms with Crippen LogP contribution in [0.4, 0.5) is 4.79 Å². The van der Waals surface area contributed by atoms with E-state index in [4.69, 9.17) is 23.7 Å². The summed E-state index contributed by atoms with van der Waals surface area (Å²) in [5.74, 6) is 1.15. The van der Waals surface area contributed by atoms with E-state index in [-0.39, 0.29) is 48.7 Å². The SMILES string of the molecule is CCc1ccc(C(=O)N(C[C@@H]2CNC[C@H]2CN(C)C(=O)OCC2(C)COCOC2)C(C)C)cc1OCCCOC. The van der Waals surface area contributed by atoms with Crippen LogP contribution in [0.1, 0.15) is 50.0 Å². The Bertz CT molecular complexity index is 951. The van der Waals surface area contributed by atoms with Crippen LogP contribution < -0.4 is 10.1 Å². The molecule has 10 nitrogen and oxygen atoms in total. The van der Waals surface area contributed by atoms with E-state index in [9.17, 15) is 9.59 Å². The largest absolute Gasteiger partial charge is 0.493 e. The molecule has 2 amide bonds. The number of nitrogens with zero attached hydrogens (tertiary/aromatic N) is 2. The quantitative estimate of drug-likeness (QED) is 0.344. The van der Waals surface area contributed by atoms with E-state index >= 15 is 0 Å². The van der Waals surface area contributed by atoms with Crippen molar-refractivity contribution in [2.45, 2.75) is 46.6 Å². The lowest BCUT2D eigenvalue weighted by Gasteiger charge is -2.34. The van der Waals surface area contributed by atoms with E-state index in [0.717, 1.165) is 37.2 Å². The maximum Gasteiger partial charge on any atom is 0.409 e. The maximum absolute atomic E-state index is 13.7. The molecule has 0 aliphatic carbocycles. The van der Waals surface area contributed by atoms with E-state index in [0.29, 0.717) is 45.1 Å². The molecule has 1 N–H and O–H groups in total. The van der Waals surface area contributed by atoms with Gasteiger partial charge in [0.05, 0.1) is 19.8 Å². The van der Waals surface area contributed by atoms with Crippen LogP contribution in [0, 0.1) is 17.3 Å². The van der Waals surface area contributed by atoms with Crippen molar-refractivity contribution in [1.82, 2.24) is 15.1 Å². The van der Waals surface area contributed by atoms with Crippen molar-refractivity contribution in [2.75, 3.05) is 80.2 Å². The molecule has 0 unspecified atom stereocenters. The number of carbonyl (C=O) groups is 2. The van der Waals surface area contributed by atoms with Gasteiger partial charge in [-0.2, -0.15) is 0 Å². The van der Waals surface area contributed by atoms with Gasteiger partial charge in [0.25, 0.3) is 5.91 Å². The van der Waals surface area contributed by atoms with Crippen LogP contribution in [0.2, 0.25) is 0 Å². The Balaban J connectivity index is 1.60. The fourth-order valence-electron chi connectivity index (χ4n) is 5.19. The van der Waals surface area contributed by atoms with Gasteiger partial charge in [0.1, 0.15) is 19.1 Å². The molecule has 0 saturated carbocycles. The Kier molecular flexibility index (Phi) is 12.5. The average Bonchev–Trinajstić information content (AvgIpc) is 3.38. The molecule has 2 fully saturated rings. The Morgan fingerprint density at radius 1 is 1.12 bits per heavy atom. The zero-order valence-corrected chi connectivity index (χ0v) is 25.2. The number of hydrogen-bond acceptors (Lipinski definition) is 8. The summed E-state index contributed by atoms with van der Waals surface area (Å²) >= 11 is 0. The zero-order valence-electron chi connectivity index (χ0n) is 25.2. The highest BCUT2D eigenvalue weighted by Crippen LogP contribution is 2.26. The summed E-state index contributed by atoms with van der Waals surface area (Å²) in [6, 6.07) is 5.79. The minimum absolute atomic E-state index is 0.0111. The molecule has 2 aliphatic heterocycles. The summed E-state index contributed by atoms with van der Waals surface area (Å²) < 4.78 is 27.5. The lowest BCUT2D eigenvalue weighted by molar-refractivity contribution is -0.170. The monoisotopic (exact) mass is 563 g/mol. The molecule has 0 spiro atoms. The smallest absolute Gasteiger partial charge is 0.409 e. The van der Waals surface area contributed by atoms with Gasteiger partial charge in [0.15, 0.2) is 0 Å². The van der Waals surface area contributed by atoms with Gasteiger partial charge in [0, 0.05) is 70.4 Å². The molecule has 2 aliphatic rings. The highest BCUT2D eigenvalue weighted by Gasteiger charge is 2.34. The Morgan fingerprint density at radius 3 is 2.48 bits per heavy atom. The molecular formula is C30H49N3O7. The molecule has 1 aromatic carbocycles. The van der Waals surface area contributed by atoms with Crippen molar-refractivity contribution in [3.05, 3.63) is 29.3 Å². The van der Waals surface area contributed by atoms with Gasteiger partial charge in [-0.05, 0) is 49.8 Å². The number of amides is 2. The van der Waals surface area contributed by atoms with Crippen LogP contribution in [0.25, 0.3) is 0 Å². The normalized spacial score (nSPS) is 20.4. The molecule has 2 heterocycles. The van der Waals surface area contributed by atoms with Crippen molar-refractivity contribution in [2.24, 2.45) is 17.3 Å². The van der Waals surface area contributed by atoms with Crippen molar-refractivity contribution in [1.29, 1.82) is 0 Å². The number of carbonyl (C=O) groups excluding carboxylic acids is 2. The molecule has 2 saturated heterocycles. The average molecular weight is 564 g/mol. The lowest BCUT2D eigenvalue weighted by atomic mass is 9.93. The lowest BCUT2D eigenvalue weighted by Crippen LogP contribution is -2.44. The van der Waals surface area contributed by atoms with Gasteiger partial charge in [0.2, 0.25) is 0 Å². The second kappa shape index (κ2) is 15.6. The Labute approximate surface area is 239 Å². The van der Waals surface area contributed by atoms with Crippen LogP contribution in [0.3, 0.4) is 0 Å². The van der Waals surface area contributed by atoms with Crippen molar-refractivity contribution >= 4 is 12.0 Å². The van der Waals surface area contributed by atoms with E-state index in [1.807, 2.05) is 43.9 Å². The first-order valence-electron chi connectivity index (χ1n) is 14.5. The molecule has 0 bridgehead atoms. The van der Waals surface area contributed by atoms with Crippen molar-refractivity contribution in [3.8, 4) is 5.75 Å². The Hall–Kier alpha value is -2.40. The Morgan fingerprint density at radius 2 is 1.82 bits per heavy atom. The molecular weight excluding hydrogens is 514 g/mol. The third kappa shape index (κ3) is 9.06. The van der Waals surface area contributed by atoms with Crippen molar-refractivity contribution < 1.29 is 33.3 Å². The second-order valence-corrected chi connectivity index (χ2v) is 11.7. The number of hydrogen-bond donors (Lipinski definition) is 1. The highest BCUT2D eigenvalue weighted by atomic mass is 16.7. The van der Waals surface area contributed by atoms with Gasteiger partial charge in [-0.15, -0.1) is 0 Å². The molecule has 226 valence electrons. The first-order chi connectivity index (χ1) is 19.2. The number of nitrogens with one attached hydrogen (secondary N) is 1. The predicted octanol–water partition coefficient (Wildman–Crippen LogP) is 3.43. The van der Waals surface area contributed by atoms with Crippen LogP contribution in [-0.2, 0) is 25.4 Å². The minimum Gasteiger partial charge on any atom is -0.493 e. The summed E-state index contributed by atoms with van der Waals surface area (Å²) in [5.41, 5.74) is 1.37. The summed E-state index contributed by atoms with van der Waals surface area (Å²) in [4.78, 5) is 30.1. The molecule has 10 heteroatoms. The first kappa shape index (κ1) is 32.1. The number of methoxy groups -OCH3 is 1. The van der Waals surface area contributed by atoms with Crippen molar-refractivity contribution in [3.63, 3.8) is 0 Å². The summed E-state index contributed by atoms with van der Waals surface area (Å²) in [7, 11) is 3.44. The molecule has 0 aromatic heterocycles. The molecule has 3 rings (SSSR count). The van der Waals surface area contributed by atoms with Crippen LogP contribution >= 0.6 is 0 Å². The second-order valence-electron chi connectivity index (χ2n) is 11.7. The van der Waals surface area contributed by atoms with E-state index in [2.05, 4.69) is 12.2 Å². The topological polar surface area (TPSA) is 98.8 Å². The summed E-state index contributed by atoms with van der Waals surface area (Å²) in [6.45, 7) is 13.6. The number of rotatable bonds is 14. The fourth-order valence-corrected chi connectivity index (χ4v) is 5.19. The highest BCUT2D eigenvalue weighted by molar-refractivity contribution is 5.95. The summed E-state index contributed by atoms with van der Waals surface area (Å²) in [5, 5.41) is 3.46. The van der Waals surface area contributed by atoms with Gasteiger partial charge in [-0.1, -0.05) is 19.9 Å². The van der Waals surface area contributed by atoms with Gasteiger partial charge >= 0.3 is 6.09 Å². The van der Waals surface area contributed by atoms with Crippen LogP contribution in [-0.4, -0.2) is 108 Å². The van der Waals surface area contributed by atoms with Crippen LogP contribution in [0.15, 0.2) is 18.2 Å². The predicted molar refractivity (Wildman–Crippen MR) is 153 cm³/mol. The van der Waals surface area contributed by atoms with E-state index < -0.39 is 0 Å². The third-order valence-electron chi connectivity index (χ3n) is 7.67. The van der Waals surface area contributed by atoms with Gasteiger partial charge in [-0.25, -0.2) is 4.79 Å². The first-order valence-corrected chi connectivity index (χ1v) is 14.5. The zero-order chi connectivity index (χ0) is 29.1. The fraction of sp³-hybridized carbons (Fsp3) is 0.733. The number of benzene rings is 1. The number of ether oxygens (including phenoxy) is 5. The minimum atomic E-state index is -0.358. The molecule has 40 heavy (non-hydrogen) atoms. The number of aryl methyl sites for hydroxylation is 1. The molecule has 0 radical (unpaired) electrons. The van der Waals surface area contributed by atoms with E-state index in [1.54, 1.807) is 19.1 Å². The van der Waals surface area contributed by atoms with Crippen LogP contribution in [0.5, 0.6) is 5.75 Å². The van der Waals surface area contributed by atoms with E-state index in [1.165, 1.54) is 0 Å². The standard InChI is InChI=1S/C30H49N3O7/c1-7-23-9-10-24(13-27(23)39-12-8-11-36-6)28(34)33(22(2)3)17-26-15-31-14-25(26)16-32(5)29(35)40-20-30(4)18-37-21-38-19-30/h9-10,13,22,25-26,31H,7-8,11-12,14-21H2,1-6H3/t25-,26-/m0/s1. The third-order valence-corrected chi connectivity index (χ3v) is 7.67. The van der Waals surface area contributed by atoms with Gasteiger partial charge in [-0.3, -0.25) is 4.79 Å².